The summed E-state index contributed by atoms with van der Waals surface area (Å²) in [6.07, 6.45) is 3.92. The molecule has 3 nitrogen and oxygen atoms in total. The third-order valence-corrected chi connectivity index (χ3v) is 5.68. The zero-order chi connectivity index (χ0) is 13.7. The second kappa shape index (κ2) is 7.17. The Hall–Kier alpha value is -0.710. The summed E-state index contributed by atoms with van der Waals surface area (Å²) in [7, 11) is 0.816. The van der Waals surface area contributed by atoms with Crippen LogP contribution in [0.5, 0.6) is 0 Å². The average Bonchev–Trinajstić information content (AvgIpc) is 2.59. The van der Waals surface area contributed by atoms with Gasteiger partial charge in [-0.15, -0.1) is 0 Å². The molecule has 3 atom stereocenters. The Morgan fingerprint density at radius 2 is 2.21 bits per heavy atom. The monoisotopic (exact) mass is 281 g/mol. The Balaban J connectivity index is 2.08. The molecule has 0 saturated heterocycles. The van der Waals surface area contributed by atoms with Gasteiger partial charge in [0.05, 0.1) is 5.25 Å². The molecule has 1 aliphatic rings. The zero-order valence-corrected chi connectivity index (χ0v) is 12.3. The van der Waals surface area contributed by atoms with Crippen LogP contribution in [0.25, 0.3) is 0 Å². The highest BCUT2D eigenvalue weighted by Gasteiger charge is 2.28. The maximum atomic E-state index is 12.4. The van der Waals surface area contributed by atoms with Crippen molar-refractivity contribution in [2.75, 3.05) is 19.5 Å². The van der Waals surface area contributed by atoms with Gasteiger partial charge in [0.15, 0.2) is 0 Å². The zero-order valence-electron chi connectivity index (χ0n) is 11.5. The van der Waals surface area contributed by atoms with E-state index in [0.29, 0.717) is 12.4 Å². The van der Waals surface area contributed by atoms with Crippen molar-refractivity contribution in [2.45, 2.75) is 37.0 Å². The topological polar surface area (TPSA) is 52.3 Å². The Morgan fingerprint density at radius 1 is 1.42 bits per heavy atom. The summed E-state index contributed by atoms with van der Waals surface area (Å²) in [5.41, 5.74) is 8.88. The molecule has 0 aliphatic heterocycles. The number of rotatable bonds is 5. The maximum Gasteiger partial charge on any atom is 0.0541 e. The Kier molecular flexibility index (Phi) is 5.55. The van der Waals surface area contributed by atoms with Crippen LogP contribution in [-0.4, -0.2) is 28.9 Å². The number of methoxy groups -OCH3 is 1. The molecule has 0 aromatic heterocycles. The fourth-order valence-corrected chi connectivity index (χ4v) is 4.36. The molecule has 2 rings (SSSR count). The summed E-state index contributed by atoms with van der Waals surface area (Å²) < 4.78 is 17.4. The van der Waals surface area contributed by atoms with Gasteiger partial charge in [-0.05, 0) is 36.8 Å². The minimum absolute atomic E-state index is 0.0838. The van der Waals surface area contributed by atoms with Gasteiger partial charge in [0.1, 0.15) is 0 Å². The van der Waals surface area contributed by atoms with Gasteiger partial charge in [-0.2, -0.15) is 0 Å². The highest BCUT2D eigenvalue weighted by molar-refractivity contribution is 7.85. The van der Waals surface area contributed by atoms with Crippen molar-refractivity contribution in [3.05, 3.63) is 35.4 Å². The molecule has 0 radical (unpaired) electrons. The lowest BCUT2D eigenvalue weighted by Crippen LogP contribution is -2.31. The van der Waals surface area contributed by atoms with Gasteiger partial charge in [-0.1, -0.05) is 24.3 Å². The van der Waals surface area contributed by atoms with Crippen molar-refractivity contribution in [3.63, 3.8) is 0 Å². The molecule has 0 saturated carbocycles. The molecule has 0 spiro atoms. The number of ether oxygens (including phenoxy) is 1. The van der Waals surface area contributed by atoms with Crippen LogP contribution < -0.4 is 5.73 Å². The minimum Gasteiger partial charge on any atom is -0.385 e. The lowest BCUT2D eigenvalue weighted by Gasteiger charge is -2.22. The van der Waals surface area contributed by atoms with Crippen LogP contribution in [0, 0.1) is 0 Å². The fourth-order valence-electron chi connectivity index (χ4n) is 2.75. The minimum atomic E-state index is -0.861. The van der Waals surface area contributed by atoms with Crippen LogP contribution in [0.1, 0.15) is 36.4 Å². The highest BCUT2D eigenvalue weighted by Crippen LogP contribution is 2.30. The van der Waals surface area contributed by atoms with Gasteiger partial charge >= 0.3 is 0 Å². The summed E-state index contributed by atoms with van der Waals surface area (Å²) in [6, 6.07) is 8.22. The van der Waals surface area contributed by atoms with Gasteiger partial charge in [-0.3, -0.25) is 4.21 Å². The van der Waals surface area contributed by atoms with Crippen molar-refractivity contribution >= 4 is 10.8 Å². The Labute approximate surface area is 118 Å². The SMILES string of the molecule is COCCCS(=O)C1CCCc2ccccc2C1N. The van der Waals surface area contributed by atoms with E-state index in [-0.39, 0.29) is 11.3 Å². The molecular formula is C15H23NO2S. The van der Waals surface area contributed by atoms with Gasteiger partial charge in [0.2, 0.25) is 0 Å². The molecular weight excluding hydrogens is 258 g/mol. The predicted molar refractivity (Wildman–Crippen MR) is 79.6 cm³/mol. The summed E-state index contributed by atoms with van der Waals surface area (Å²) in [4.78, 5) is 0. The second-order valence-corrected chi connectivity index (χ2v) is 6.86. The van der Waals surface area contributed by atoms with E-state index in [1.165, 1.54) is 11.1 Å². The standard InChI is InChI=1S/C15H23NO2S/c1-18-10-5-11-19(17)14-9-4-7-12-6-2-3-8-13(12)15(14)16/h2-3,6,8,14-15H,4-5,7,9-11,16H2,1H3. The van der Waals surface area contributed by atoms with Crippen LogP contribution in [0.2, 0.25) is 0 Å². The lowest BCUT2D eigenvalue weighted by atomic mass is 10.00. The quantitative estimate of drug-likeness (QED) is 0.665. The van der Waals surface area contributed by atoms with Crippen LogP contribution in [-0.2, 0) is 22.0 Å². The normalized spacial score (nSPS) is 24.5. The van der Waals surface area contributed by atoms with E-state index in [2.05, 4.69) is 18.2 Å². The Bertz CT molecular complexity index is 436. The Morgan fingerprint density at radius 3 is 3.00 bits per heavy atom. The van der Waals surface area contributed by atoms with Crippen molar-refractivity contribution in [2.24, 2.45) is 5.73 Å². The van der Waals surface area contributed by atoms with Gasteiger partial charge in [0, 0.05) is 36.3 Å². The summed E-state index contributed by atoms with van der Waals surface area (Å²) >= 11 is 0. The van der Waals surface area contributed by atoms with E-state index in [4.69, 9.17) is 10.5 Å². The third-order valence-electron chi connectivity index (χ3n) is 3.78. The first kappa shape index (κ1) is 14.7. The van der Waals surface area contributed by atoms with Crippen molar-refractivity contribution in [1.29, 1.82) is 0 Å². The molecule has 4 heteroatoms. The molecule has 0 amide bonds. The maximum absolute atomic E-state index is 12.4. The molecule has 0 fully saturated rings. The summed E-state index contributed by atoms with van der Waals surface area (Å²) in [5, 5.41) is 0.0838. The molecule has 1 aromatic carbocycles. The number of aryl methyl sites for hydroxylation is 1. The fraction of sp³-hybridized carbons (Fsp3) is 0.600. The average molecular weight is 281 g/mol. The van der Waals surface area contributed by atoms with E-state index in [9.17, 15) is 4.21 Å². The number of hydrogen-bond donors (Lipinski definition) is 1. The third kappa shape index (κ3) is 3.65. The smallest absolute Gasteiger partial charge is 0.0541 e. The van der Waals surface area contributed by atoms with Crippen LogP contribution in [0.4, 0.5) is 0 Å². The molecule has 3 unspecified atom stereocenters. The van der Waals surface area contributed by atoms with Crippen molar-refractivity contribution in [3.8, 4) is 0 Å². The van der Waals surface area contributed by atoms with Crippen LogP contribution in [0.15, 0.2) is 24.3 Å². The van der Waals surface area contributed by atoms with Gasteiger partial charge < -0.3 is 10.5 Å². The largest absolute Gasteiger partial charge is 0.385 e. The molecule has 1 aromatic rings. The highest BCUT2D eigenvalue weighted by atomic mass is 32.2. The van der Waals surface area contributed by atoms with Crippen molar-refractivity contribution < 1.29 is 8.95 Å². The lowest BCUT2D eigenvalue weighted by molar-refractivity contribution is 0.200. The van der Waals surface area contributed by atoms with Crippen LogP contribution in [0.3, 0.4) is 0 Å². The molecule has 0 heterocycles. The number of hydrogen-bond acceptors (Lipinski definition) is 3. The molecule has 1 aliphatic carbocycles. The molecule has 2 N–H and O–H groups in total. The van der Waals surface area contributed by atoms with Gasteiger partial charge in [-0.25, -0.2) is 0 Å². The van der Waals surface area contributed by atoms with Gasteiger partial charge in [0.25, 0.3) is 0 Å². The van der Waals surface area contributed by atoms with E-state index >= 15 is 0 Å². The predicted octanol–water partition coefficient (Wildman–Crippen LogP) is 2.18. The number of benzene rings is 1. The molecule has 19 heavy (non-hydrogen) atoms. The molecule has 0 bridgehead atoms. The first-order valence-corrected chi connectivity index (χ1v) is 8.31. The summed E-state index contributed by atoms with van der Waals surface area (Å²) in [6.45, 7) is 0.671. The first-order valence-electron chi connectivity index (χ1n) is 6.93. The van der Waals surface area contributed by atoms with Crippen LogP contribution >= 0.6 is 0 Å². The first-order chi connectivity index (χ1) is 9.24. The summed E-state index contributed by atoms with van der Waals surface area (Å²) in [5.74, 6) is 0.689. The van der Waals surface area contributed by atoms with E-state index in [1.807, 2.05) is 6.07 Å². The number of fused-ring (bicyclic) bond motifs is 1. The number of nitrogens with two attached hydrogens (primary N) is 1. The molecule has 106 valence electrons. The van der Waals surface area contributed by atoms with E-state index in [0.717, 1.165) is 25.7 Å². The van der Waals surface area contributed by atoms with Crippen molar-refractivity contribution in [1.82, 2.24) is 0 Å². The second-order valence-electron chi connectivity index (χ2n) is 5.09. The van der Waals surface area contributed by atoms with E-state index < -0.39 is 10.8 Å². The van der Waals surface area contributed by atoms with E-state index in [1.54, 1.807) is 7.11 Å².